The van der Waals surface area contributed by atoms with Crippen molar-refractivity contribution in [2.75, 3.05) is 11.5 Å². The van der Waals surface area contributed by atoms with Gasteiger partial charge in [0.1, 0.15) is 5.01 Å². The van der Waals surface area contributed by atoms with Gasteiger partial charge >= 0.3 is 0 Å². The van der Waals surface area contributed by atoms with E-state index in [1.165, 1.54) is 0 Å². The summed E-state index contributed by atoms with van der Waals surface area (Å²) in [5.74, 6) is 0. The summed E-state index contributed by atoms with van der Waals surface area (Å²) in [6, 6.07) is 5.47. The molecule has 0 saturated heterocycles. The van der Waals surface area contributed by atoms with Crippen molar-refractivity contribution < 1.29 is 0 Å². The van der Waals surface area contributed by atoms with Crippen LogP contribution in [0.4, 0.5) is 11.4 Å². The summed E-state index contributed by atoms with van der Waals surface area (Å²) in [5, 5.41) is 2.85. The number of rotatable bonds is 1. The molecular weight excluding hydrogens is 182 g/mol. The molecule has 0 atom stereocenters. The zero-order valence-electron chi connectivity index (χ0n) is 6.90. The predicted octanol–water partition coefficient (Wildman–Crippen LogP) is 1.97. The summed E-state index contributed by atoms with van der Waals surface area (Å²) in [4.78, 5) is 4.17. The molecule has 4 N–H and O–H groups in total. The third-order valence-electron chi connectivity index (χ3n) is 1.74. The molecule has 1 aromatic heterocycles. The van der Waals surface area contributed by atoms with E-state index in [0.29, 0.717) is 11.4 Å². The minimum absolute atomic E-state index is 0.676. The Morgan fingerprint density at radius 2 is 2.08 bits per heavy atom. The van der Waals surface area contributed by atoms with Gasteiger partial charge in [-0.2, -0.15) is 0 Å². The Bertz CT molecular complexity index is 409. The first-order chi connectivity index (χ1) is 6.27. The average Bonchev–Trinajstić information content (AvgIpc) is 2.56. The summed E-state index contributed by atoms with van der Waals surface area (Å²) in [7, 11) is 0. The van der Waals surface area contributed by atoms with Gasteiger partial charge in [0.15, 0.2) is 0 Å². The van der Waals surface area contributed by atoms with Crippen molar-refractivity contribution in [1.29, 1.82) is 0 Å². The number of nitrogens with two attached hydrogens (primary N) is 2. The van der Waals surface area contributed by atoms with Crippen LogP contribution in [0.5, 0.6) is 0 Å². The van der Waals surface area contributed by atoms with Crippen molar-refractivity contribution in [2.24, 2.45) is 0 Å². The molecule has 2 aromatic rings. The Hall–Kier alpha value is -1.55. The first-order valence-electron chi connectivity index (χ1n) is 3.82. The van der Waals surface area contributed by atoms with E-state index in [0.717, 1.165) is 10.6 Å². The number of benzene rings is 1. The molecule has 1 heterocycles. The van der Waals surface area contributed by atoms with E-state index < -0.39 is 0 Å². The molecule has 13 heavy (non-hydrogen) atoms. The van der Waals surface area contributed by atoms with Crippen molar-refractivity contribution in [3.63, 3.8) is 0 Å². The summed E-state index contributed by atoms with van der Waals surface area (Å²) in [6.45, 7) is 0. The Balaban J connectivity index is 2.53. The summed E-state index contributed by atoms with van der Waals surface area (Å²) < 4.78 is 0. The van der Waals surface area contributed by atoms with E-state index in [9.17, 15) is 0 Å². The van der Waals surface area contributed by atoms with Gasteiger partial charge < -0.3 is 11.5 Å². The normalized spacial score (nSPS) is 10.2. The second-order valence-corrected chi connectivity index (χ2v) is 3.58. The fraction of sp³-hybridized carbons (Fsp3) is 0. The highest BCUT2D eigenvalue weighted by molar-refractivity contribution is 7.13. The average molecular weight is 191 g/mol. The first kappa shape index (κ1) is 8.07. The minimum Gasteiger partial charge on any atom is -0.399 e. The topological polar surface area (TPSA) is 64.9 Å². The van der Waals surface area contributed by atoms with Crippen LogP contribution < -0.4 is 11.5 Å². The SMILES string of the molecule is Nc1ccc(-c2nccs2)c(N)c1. The van der Waals surface area contributed by atoms with Crippen molar-refractivity contribution in [1.82, 2.24) is 4.98 Å². The Morgan fingerprint density at radius 1 is 1.23 bits per heavy atom. The highest BCUT2D eigenvalue weighted by atomic mass is 32.1. The largest absolute Gasteiger partial charge is 0.399 e. The second kappa shape index (κ2) is 3.06. The van der Waals surface area contributed by atoms with Crippen molar-refractivity contribution in [3.05, 3.63) is 29.8 Å². The quantitative estimate of drug-likeness (QED) is 0.677. The molecule has 0 unspecified atom stereocenters. The number of anilines is 2. The number of nitrogen functional groups attached to an aromatic ring is 2. The number of hydrogen-bond donors (Lipinski definition) is 2. The zero-order chi connectivity index (χ0) is 9.26. The fourth-order valence-corrected chi connectivity index (χ4v) is 1.82. The van der Waals surface area contributed by atoms with E-state index >= 15 is 0 Å². The lowest BCUT2D eigenvalue weighted by atomic mass is 10.2. The van der Waals surface area contributed by atoms with Crippen LogP contribution >= 0.6 is 11.3 Å². The minimum atomic E-state index is 0.676. The highest BCUT2D eigenvalue weighted by Crippen LogP contribution is 2.28. The molecule has 66 valence electrons. The maximum absolute atomic E-state index is 5.80. The molecule has 3 nitrogen and oxygen atoms in total. The molecule has 2 rings (SSSR count). The third kappa shape index (κ3) is 1.48. The number of aromatic nitrogens is 1. The third-order valence-corrected chi connectivity index (χ3v) is 2.54. The van der Waals surface area contributed by atoms with Crippen LogP contribution in [0.25, 0.3) is 10.6 Å². The summed E-state index contributed by atoms with van der Waals surface area (Å²) in [5.41, 5.74) is 13.7. The van der Waals surface area contributed by atoms with Crippen molar-refractivity contribution in [3.8, 4) is 10.6 Å². The van der Waals surface area contributed by atoms with Crippen LogP contribution in [0.2, 0.25) is 0 Å². The maximum atomic E-state index is 5.80. The van der Waals surface area contributed by atoms with Crippen LogP contribution in [-0.4, -0.2) is 4.98 Å². The number of thiazole rings is 1. The van der Waals surface area contributed by atoms with Crippen LogP contribution in [0.15, 0.2) is 29.8 Å². The summed E-state index contributed by atoms with van der Waals surface area (Å²) >= 11 is 1.56. The molecular formula is C9H9N3S. The van der Waals surface area contributed by atoms with Gasteiger partial charge in [-0.3, -0.25) is 0 Å². The predicted molar refractivity (Wildman–Crippen MR) is 56.4 cm³/mol. The van der Waals surface area contributed by atoms with E-state index in [2.05, 4.69) is 4.98 Å². The lowest BCUT2D eigenvalue weighted by Crippen LogP contribution is -1.92. The highest BCUT2D eigenvalue weighted by Gasteiger charge is 2.04. The molecule has 0 aliphatic rings. The molecule has 0 amide bonds. The Morgan fingerprint density at radius 3 is 2.69 bits per heavy atom. The monoisotopic (exact) mass is 191 g/mol. The molecule has 0 spiro atoms. The van der Waals surface area contributed by atoms with E-state index in [1.807, 2.05) is 17.5 Å². The van der Waals surface area contributed by atoms with Crippen LogP contribution in [0.1, 0.15) is 0 Å². The van der Waals surface area contributed by atoms with Gasteiger partial charge in [-0.1, -0.05) is 0 Å². The van der Waals surface area contributed by atoms with Gasteiger partial charge in [0.05, 0.1) is 0 Å². The first-order valence-corrected chi connectivity index (χ1v) is 4.70. The molecule has 0 radical (unpaired) electrons. The molecule has 0 aliphatic carbocycles. The molecule has 0 fully saturated rings. The fourth-order valence-electron chi connectivity index (χ4n) is 1.13. The maximum Gasteiger partial charge on any atom is 0.125 e. The Labute approximate surface area is 80.0 Å². The van der Waals surface area contributed by atoms with Gasteiger partial charge in [0.2, 0.25) is 0 Å². The zero-order valence-corrected chi connectivity index (χ0v) is 7.71. The van der Waals surface area contributed by atoms with Gasteiger partial charge in [-0.15, -0.1) is 11.3 Å². The number of hydrogen-bond acceptors (Lipinski definition) is 4. The van der Waals surface area contributed by atoms with Crippen molar-refractivity contribution >= 4 is 22.7 Å². The van der Waals surface area contributed by atoms with E-state index in [1.54, 1.807) is 23.6 Å². The van der Waals surface area contributed by atoms with Gasteiger partial charge in [-0.05, 0) is 18.2 Å². The second-order valence-electron chi connectivity index (χ2n) is 2.68. The van der Waals surface area contributed by atoms with E-state index in [4.69, 9.17) is 11.5 Å². The Kier molecular flexibility index (Phi) is 1.90. The molecule has 0 bridgehead atoms. The van der Waals surface area contributed by atoms with E-state index in [-0.39, 0.29) is 0 Å². The molecule has 1 aromatic carbocycles. The lowest BCUT2D eigenvalue weighted by molar-refractivity contribution is 1.41. The molecule has 4 heteroatoms. The van der Waals surface area contributed by atoms with Gasteiger partial charge in [0.25, 0.3) is 0 Å². The van der Waals surface area contributed by atoms with Gasteiger partial charge in [-0.25, -0.2) is 4.98 Å². The van der Waals surface area contributed by atoms with Crippen LogP contribution in [0, 0.1) is 0 Å². The van der Waals surface area contributed by atoms with Crippen LogP contribution in [-0.2, 0) is 0 Å². The molecule has 0 aliphatic heterocycles. The summed E-state index contributed by atoms with van der Waals surface area (Å²) in [6.07, 6.45) is 1.76. The lowest BCUT2D eigenvalue weighted by Gasteiger charge is -2.02. The van der Waals surface area contributed by atoms with Gasteiger partial charge in [0, 0.05) is 28.5 Å². The standard InChI is InChI=1S/C9H9N3S/c10-6-1-2-7(8(11)5-6)9-12-3-4-13-9/h1-5H,10-11H2. The van der Waals surface area contributed by atoms with Crippen LogP contribution in [0.3, 0.4) is 0 Å². The smallest absolute Gasteiger partial charge is 0.125 e. The number of nitrogens with zero attached hydrogens (tertiary/aromatic N) is 1. The molecule has 0 saturated carbocycles. The van der Waals surface area contributed by atoms with Crippen molar-refractivity contribution in [2.45, 2.75) is 0 Å².